The van der Waals surface area contributed by atoms with Gasteiger partial charge in [-0.1, -0.05) is 37.7 Å². The van der Waals surface area contributed by atoms with Crippen LogP contribution in [0.15, 0.2) is 58.3 Å². The largest absolute Gasteiger partial charge is 0.347 e. The van der Waals surface area contributed by atoms with E-state index in [9.17, 15) is 9.59 Å². The summed E-state index contributed by atoms with van der Waals surface area (Å²) < 4.78 is 0. The number of anilines is 1. The van der Waals surface area contributed by atoms with Gasteiger partial charge in [0.15, 0.2) is 0 Å². The van der Waals surface area contributed by atoms with E-state index in [1.54, 1.807) is 11.8 Å². The smallest absolute Gasteiger partial charge is 0.243 e. The Kier molecular flexibility index (Phi) is 6.44. The molecule has 2 amide bonds. The first kappa shape index (κ1) is 18.1. The molecule has 2 aromatic carbocycles. The van der Waals surface area contributed by atoms with E-state index in [4.69, 9.17) is 0 Å². The van der Waals surface area contributed by atoms with Gasteiger partial charge in [0, 0.05) is 22.4 Å². The minimum atomic E-state index is -0.241. The van der Waals surface area contributed by atoms with Gasteiger partial charge in [0.1, 0.15) is 0 Å². The molecule has 0 aliphatic carbocycles. The highest BCUT2D eigenvalue weighted by atomic mass is 32.2. The predicted molar refractivity (Wildman–Crippen MR) is 98.4 cm³/mol. The third-order valence-electron chi connectivity index (χ3n) is 3.42. The topological polar surface area (TPSA) is 58.2 Å². The molecule has 0 heterocycles. The molecule has 24 heavy (non-hydrogen) atoms. The lowest BCUT2D eigenvalue weighted by Crippen LogP contribution is -2.31. The summed E-state index contributed by atoms with van der Waals surface area (Å²) in [6, 6.07) is 16.2. The molecular weight excluding hydrogens is 320 g/mol. The second kappa shape index (κ2) is 8.55. The average molecular weight is 342 g/mol. The highest BCUT2D eigenvalue weighted by molar-refractivity contribution is 7.99. The summed E-state index contributed by atoms with van der Waals surface area (Å²) in [6.45, 7) is 5.73. The maximum atomic E-state index is 11.6. The molecule has 0 atom stereocenters. The number of amides is 2. The number of carbonyl (C=O) groups is 2. The van der Waals surface area contributed by atoms with Crippen LogP contribution in [0.5, 0.6) is 0 Å². The molecule has 0 saturated carbocycles. The van der Waals surface area contributed by atoms with Gasteiger partial charge >= 0.3 is 0 Å². The zero-order valence-corrected chi connectivity index (χ0v) is 14.9. The molecule has 2 rings (SSSR count). The van der Waals surface area contributed by atoms with Gasteiger partial charge in [0.05, 0.1) is 6.54 Å². The van der Waals surface area contributed by atoms with Gasteiger partial charge in [-0.3, -0.25) is 9.59 Å². The Balaban J connectivity index is 1.91. The number of rotatable bonds is 6. The molecule has 2 N–H and O–H groups in total. The normalized spacial score (nSPS) is 10.5. The molecule has 0 aliphatic rings. The molecule has 2 aromatic rings. The maximum Gasteiger partial charge on any atom is 0.243 e. The summed E-state index contributed by atoms with van der Waals surface area (Å²) in [6.07, 6.45) is 0. The van der Waals surface area contributed by atoms with Gasteiger partial charge in [-0.05, 0) is 47.9 Å². The van der Waals surface area contributed by atoms with Gasteiger partial charge < -0.3 is 10.6 Å². The van der Waals surface area contributed by atoms with Crippen LogP contribution in [0.4, 0.5) is 5.69 Å². The van der Waals surface area contributed by atoms with Crippen LogP contribution in [0.3, 0.4) is 0 Å². The minimum Gasteiger partial charge on any atom is -0.347 e. The molecule has 0 aromatic heterocycles. The first-order valence-electron chi connectivity index (χ1n) is 7.86. The zero-order chi connectivity index (χ0) is 17.5. The quantitative estimate of drug-likeness (QED) is 0.833. The van der Waals surface area contributed by atoms with Gasteiger partial charge in [0.25, 0.3) is 0 Å². The molecule has 0 aliphatic heterocycles. The summed E-state index contributed by atoms with van der Waals surface area (Å²) in [5, 5.41) is 5.21. The van der Waals surface area contributed by atoms with Crippen molar-refractivity contribution in [2.75, 3.05) is 11.9 Å². The van der Waals surface area contributed by atoms with E-state index in [1.807, 2.05) is 24.3 Å². The van der Waals surface area contributed by atoms with E-state index in [0.29, 0.717) is 11.6 Å². The third-order valence-corrected chi connectivity index (χ3v) is 4.43. The Morgan fingerprint density at radius 2 is 1.50 bits per heavy atom. The van der Waals surface area contributed by atoms with E-state index in [-0.39, 0.29) is 18.4 Å². The van der Waals surface area contributed by atoms with Crippen molar-refractivity contribution in [2.45, 2.75) is 36.5 Å². The molecule has 0 saturated heterocycles. The number of hydrogen-bond donors (Lipinski definition) is 2. The van der Waals surface area contributed by atoms with Crippen LogP contribution < -0.4 is 10.6 Å². The van der Waals surface area contributed by atoms with Crippen molar-refractivity contribution in [1.82, 2.24) is 5.32 Å². The van der Waals surface area contributed by atoms with Crippen LogP contribution in [0.25, 0.3) is 0 Å². The second-order valence-electron chi connectivity index (χ2n) is 5.81. The molecule has 0 unspecified atom stereocenters. The Bertz CT molecular complexity index is 694. The van der Waals surface area contributed by atoms with Gasteiger partial charge in [-0.15, -0.1) is 0 Å². The van der Waals surface area contributed by atoms with Crippen molar-refractivity contribution in [3.63, 3.8) is 0 Å². The highest BCUT2D eigenvalue weighted by Crippen LogP contribution is 2.29. The summed E-state index contributed by atoms with van der Waals surface area (Å²) in [4.78, 5) is 24.7. The van der Waals surface area contributed by atoms with E-state index in [0.717, 1.165) is 4.90 Å². The third kappa shape index (κ3) is 5.74. The SMILES string of the molecule is CC(=O)NCC(=O)Nc1ccc(Sc2ccc(C(C)C)cc2)cc1. The van der Waals surface area contributed by atoms with Crippen LogP contribution in [0, 0.1) is 0 Å². The van der Waals surface area contributed by atoms with Crippen molar-refractivity contribution < 1.29 is 9.59 Å². The fourth-order valence-electron chi connectivity index (χ4n) is 2.07. The molecule has 0 bridgehead atoms. The Hall–Kier alpha value is -2.27. The fourth-order valence-corrected chi connectivity index (χ4v) is 2.89. The van der Waals surface area contributed by atoms with Crippen molar-refractivity contribution in [3.05, 3.63) is 54.1 Å². The number of carbonyl (C=O) groups excluding carboxylic acids is 2. The van der Waals surface area contributed by atoms with Gasteiger partial charge in [-0.25, -0.2) is 0 Å². The molecule has 0 radical (unpaired) electrons. The van der Waals surface area contributed by atoms with Crippen LogP contribution in [-0.2, 0) is 9.59 Å². The van der Waals surface area contributed by atoms with Crippen molar-refractivity contribution in [2.24, 2.45) is 0 Å². The average Bonchev–Trinajstić information content (AvgIpc) is 2.55. The molecule has 5 heteroatoms. The lowest BCUT2D eigenvalue weighted by atomic mass is 10.0. The van der Waals surface area contributed by atoms with Crippen molar-refractivity contribution in [1.29, 1.82) is 0 Å². The van der Waals surface area contributed by atoms with Crippen LogP contribution in [0.2, 0.25) is 0 Å². The monoisotopic (exact) mass is 342 g/mol. The Morgan fingerprint density at radius 1 is 0.958 bits per heavy atom. The molecule has 0 fully saturated rings. The van der Waals surface area contributed by atoms with Gasteiger partial charge in [0.2, 0.25) is 11.8 Å². The lowest BCUT2D eigenvalue weighted by Gasteiger charge is -2.08. The van der Waals surface area contributed by atoms with Crippen LogP contribution in [0.1, 0.15) is 32.3 Å². The predicted octanol–water partition coefficient (Wildman–Crippen LogP) is 4.04. The molecule has 126 valence electrons. The molecule has 0 spiro atoms. The standard InChI is InChI=1S/C19H22N2O2S/c1-13(2)15-4-8-17(9-5-15)24-18-10-6-16(7-11-18)21-19(23)12-20-14(3)22/h4-11,13H,12H2,1-3H3,(H,20,22)(H,21,23). The summed E-state index contributed by atoms with van der Waals surface area (Å²) in [7, 11) is 0. The number of nitrogens with one attached hydrogen (secondary N) is 2. The number of hydrogen-bond acceptors (Lipinski definition) is 3. The van der Waals surface area contributed by atoms with E-state index >= 15 is 0 Å². The summed E-state index contributed by atoms with van der Waals surface area (Å²) >= 11 is 1.68. The lowest BCUT2D eigenvalue weighted by molar-refractivity contribution is -0.122. The van der Waals surface area contributed by atoms with Crippen LogP contribution >= 0.6 is 11.8 Å². The van der Waals surface area contributed by atoms with Gasteiger partial charge in [-0.2, -0.15) is 0 Å². The van der Waals surface area contributed by atoms with E-state index in [2.05, 4.69) is 48.7 Å². The number of benzene rings is 2. The highest BCUT2D eigenvalue weighted by Gasteiger charge is 2.04. The Labute approximate surface area is 147 Å². The molecular formula is C19H22N2O2S. The Morgan fingerprint density at radius 3 is 2.00 bits per heavy atom. The first-order valence-corrected chi connectivity index (χ1v) is 8.68. The van der Waals surface area contributed by atoms with E-state index in [1.165, 1.54) is 17.4 Å². The van der Waals surface area contributed by atoms with Crippen molar-refractivity contribution >= 4 is 29.3 Å². The van der Waals surface area contributed by atoms with E-state index < -0.39 is 0 Å². The fraction of sp³-hybridized carbons (Fsp3) is 0.263. The summed E-state index contributed by atoms with van der Waals surface area (Å²) in [5.41, 5.74) is 2.04. The zero-order valence-electron chi connectivity index (χ0n) is 14.1. The first-order chi connectivity index (χ1) is 11.4. The second-order valence-corrected chi connectivity index (χ2v) is 6.96. The molecule has 4 nitrogen and oxygen atoms in total. The van der Waals surface area contributed by atoms with Crippen LogP contribution in [-0.4, -0.2) is 18.4 Å². The maximum absolute atomic E-state index is 11.6. The summed E-state index contributed by atoms with van der Waals surface area (Å²) in [5.74, 6) is 0.0692. The van der Waals surface area contributed by atoms with Crippen molar-refractivity contribution in [3.8, 4) is 0 Å². The minimum absolute atomic E-state index is 0.0198.